The Labute approximate surface area is 123 Å². The summed E-state index contributed by atoms with van der Waals surface area (Å²) < 4.78 is 59.5. The second kappa shape index (κ2) is 6.22. The van der Waals surface area contributed by atoms with Gasteiger partial charge in [0, 0.05) is 16.7 Å². The molecule has 120 valence electrons. The molecule has 2 N–H and O–H groups in total. The van der Waals surface area contributed by atoms with E-state index in [0.29, 0.717) is 0 Å². The molecule has 0 aliphatic carbocycles. The molecule has 0 spiro atoms. The minimum absolute atomic E-state index is 0.110. The number of H-pyrrole nitrogens is 1. The van der Waals surface area contributed by atoms with Crippen LogP contribution in [0.4, 0.5) is 13.2 Å². The van der Waals surface area contributed by atoms with Crippen LogP contribution in [0.2, 0.25) is 0 Å². The molecule has 0 aromatic carbocycles. The maximum Gasteiger partial charge on any atom is 0.391 e. The van der Waals surface area contributed by atoms with Crippen molar-refractivity contribution in [2.45, 2.75) is 43.8 Å². The van der Waals surface area contributed by atoms with E-state index in [4.69, 9.17) is 10.7 Å². The topological polar surface area (TPSA) is 91.9 Å². The normalized spacial score (nSPS) is 14.0. The van der Waals surface area contributed by atoms with Gasteiger partial charge in [-0.2, -0.15) is 18.3 Å². The Balaban J connectivity index is 3.02. The Morgan fingerprint density at radius 2 is 2.05 bits per heavy atom. The Kier molecular flexibility index (Phi) is 5.26. The van der Waals surface area contributed by atoms with Crippen molar-refractivity contribution >= 4 is 25.6 Å². The number of halogens is 4. The molecule has 1 heterocycles. The molecule has 0 bridgehead atoms. The summed E-state index contributed by atoms with van der Waals surface area (Å²) in [5.41, 5.74) is -0.436. The van der Waals surface area contributed by atoms with Crippen LogP contribution < -0.4 is 5.32 Å². The number of nitrogens with zero attached hydrogens (tertiary/aromatic N) is 1. The van der Waals surface area contributed by atoms with Crippen molar-refractivity contribution < 1.29 is 26.4 Å². The fourth-order valence-electron chi connectivity index (χ4n) is 1.71. The van der Waals surface area contributed by atoms with Gasteiger partial charge in [-0.15, -0.1) is 0 Å². The summed E-state index contributed by atoms with van der Waals surface area (Å²) >= 11 is 0. The van der Waals surface area contributed by atoms with Gasteiger partial charge >= 0.3 is 6.18 Å². The van der Waals surface area contributed by atoms with E-state index in [0.717, 1.165) is 6.92 Å². The van der Waals surface area contributed by atoms with E-state index in [9.17, 15) is 26.4 Å². The zero-order valence-electron chi connectivity index (χ0n) is 11.1. The van der Waals surface area contributed by atoms with Gasteiger partial charge in [0.25, 0.3) is 15.0 Å². The molecule has 1 aromatic heterocycles. The minimum Gasteiger partial charge on any atom is -0.348 e. The highest BCUT2D eigenvalue weighted by Crippen LogP contribution is 2.24. The quantitative estimate of drug-likeness (QED) is 0.796. The molecule has 1 atom stereocenters. The third-order valence-electron chi connectivity index (χ3n) is 2.52. The first-order valence-corrected chi connectivity index (χ1v) is 8.16. The summed E-state index contributed by atoms with van der Waals surface area (Å²) in [7, 11) is 0.975. The van der Waals surface area contributed by atoms with E-state index in [1.54, 1.807) is 6.92 Å². The third kappa shape index (κ3) is 4.88. The van der Waals surface area contributed by atoms with Crippen LogP contribution in [0.1, 0.15) is 36.5 Å². The molecule has 1 rings (SSSR count). The molecule has 0 saturated carbocycles. The van der Waals surface area contributed by atoms with Crippen LogP contribution >= 0.6 is 10.7 Å². The first-order valence-electron chi connectivity index (χ1n) is 5.85. The molecule has 1 aromatic rings. The van der Waals surface area contributed by atoms with Crippen LogP contribution in [-0.2, 0) is 15.5 Å². The molecule has 11 heteroatoms. The van der Waals surface area contributed by atoms with Gasteiger partial charge in [0.15, 0.2) is 5.69 Å². The number of carbonyl (C=O) groups excluding carboxylic acids is 1. The predicted octanol–water partition coefficient (Wildman–Crippen LogP) is 1.97. The number of hydrogen-bond acceptors (Lipinski definition) is 4. The van der Waals surface area contributed by atoms with Gasteiger partial charge in [0.05, 0.1) is 12.1 Å². The largest absolute Gasteiger partial charge is 0.391 e. The van der Waals surface area contributed by atoms with Crippen molar-refractivity contribution in [3.63, 3.8) is 0 Å². The monoisotopic (exact) mass is 347 g/mol. The number of nitrogens with one attached hydrogen (secondary N) is 2. The summed E-state index contributed by atoms with van der Waals surface area (Å²) in [5, 5.41) is 7.90. The van der Waals surface area contributed by atoms with Crippen molar-refractivity contribution in [2.75, 3.05) is 0 Å². The zero-order chi connectivity index (χ0) is 16.4. The van der Waals surface area contributed by atoms with E-state index in [-0.39, 0.29) is 12.1 Å². The van der Waals surface area contributed by atoms with Crippen molar-refractivity contribution in [2.24, 2.45) is 0 Å². The van der Waals surface area contributed by atoms with Gasteiger partial charge in [0.2, 0.25) is 0 Å². The number of alkyl halides is 3. The first-order chi connectivity index (χ1) is 9.45. The average molecular weight is 348 g/mol. The highest BCUT2D eigenvalue weighted by molar-refractivity contribution is 8.13. The molecule has 0 radical (unpaired) electrons. The van der Waals surface area contributed by atoms with Crippen molar-refractivity contribution in [3.05, 3.63) is 11.4 Å². The van der Waals surface area contributed by atoms with Crippen LogP contribution in [0, 0.1) is 0 Å². The number of hydrogen-bond donors (Lipinski definition) is 2. The lowest BCUT2D eigenvalue weighted by Crippen LogP contribution is -2.36. The van der Waals surface area contributed by atoms with E-state index < -0.39 is 44.2 Å². The molecular weight excluding hydrogens is 335 g/mol. The Hall–Kier alpha value is -1.29. The summed E-state index contributed by atoms with van der Waals surface area (Å²) in [6.45, 7) is 2.75. The summed E-state index contributed by atoms with van der Waals surface area (Å²) in [6.07, 6.45) is -5.49. The lowest BCUT2D eigenvalue weighted by molar-refractivity contribution is -0.138. The van der Waals surface area contributed by atoms with E-state index >= 15 is 0 Å². The van der Waals surface area contributed by atoms with Crippen LogP contribution in [0.25, 0.3) is 0 Å². The van der Waals surface area contributed by atoms with Crippen LogP contribution in [0.5, 0.6) is 0 Å². The molecule has 21 heavy (non-hydrogen) atoms. The number of aryl methyl sites for hydroxylation is 1. The van der Waals surface area contributed by atoms with Crippen LogP contribution in [0.3, 0.4) is 0 Å². The highest BCUT2D eigenvalue weighted by atomic mass is 35.7. The summed E-state index contributed by atoms with van der Waals surface area (Å²) in [4.78, 5) is 11.3. The van der Waals surface area contributed by atoms with Gasteiger partial charge < -0.3 is 5.32 Å². The molecule has 1 unspecified atom stereocenters. The third-order valence-corrected chi connectivity index (χ3v) is 3.91. The smallest absolute Gasteiger partial charge is 0.348 e. The molecule has 0 aliphatic rings. The van der Waals surface area contributed by atoms with E-state index in [1.807, 2.05) is 5.32 Å². The zero-order valence-corrected chi connectivity index (χ0v) is 12.7. The first kappa shape index (κ1) is 17.8. The highest BCUT2D eigenvalue weighted by Gasteiger charge is 2.33. The predicted molar refractivity (Wildman–Crippen MR) is 68.6 cm³/mol. The van der Waals surface area contributed by atoms with Crippen LogP contribution in [0.15, 0.2) is 4.90 Å². The number of rotatable bonds is 5. The maximum absolute atomic E-state index is 12.2. The van der Waals surface area contributed by atoms with Crippen molar-refractivity contribution in [3.8, 4) is 0 Å². The van der Waals surface area contributed by atoms with Gasteiger partial charge in [-0.1, -0.05) is 6.92 Å². The maximum atomic E-state index is 12.2. The Bertz CT molecular complexity index is 627. The SMILES string of the molecule is CCc1[nH]nc(C(=O)NC(C)CC(F)(F)F)c1S(=O)(=O)Cl. The number of amides is 1. The molecule has 6 nitrogen and oxygen atoms in total. The lowest BCUT2D eigenvalue weighted by atomic mass is 10.2. The van der Waals surface area contributed by atoms with E-state index in [1.165, 1.54) is 0 Å². The molecule has 1 amide bonds. The second-order valence-corrected chi connectivity index (χ2v) is 6.87. The molecular formula is C10H13ClF3N3O3S. The molecule has 0 fully saturated rings. The fraction of sp³-hybridized carbons (Fsp3) is 0.600. The van der Waals surface area contributed by atoms with Crippen LogP contribution in [-0.4, -0.2) is 36.7 Å². The second-order valence-electron chi connectivity index (χ2n) is 4.37. The molecule has 0 aliphatic heterocycles. The standard InChI is InChI=1S/C10H13ClF3N3O3S/c1-3-6-8(21(11,19)20)7(17-16-6)9(18)15-5(2)4-10(12,13)14/h5H,3-4H2,1-2H3,(H,15,18)(H,16,17). The molecule has 0 saturated heterocycles. The number of carbonyl (C=O) groups is 1. The lowest BCUT2D eigenvalue weighted by Gasteiger charge is -2.15. The summed E-state index contributed by atoms with van der Waals surface area (Å²) in [6, 6.07) is -1.23. The van der Waals surface area contributed by atoms with Gasteiger partial charge in [-0.25, -0.2) is 8.42 Å². The fourth-order valence-corrected chi connectivity index (χ4v) is 3.07. The average Bonchev–Trinajstić information content (AvgIpc) is 2.68. The Morgan fingerprint density at radius 3 is 2.48 bits per heavy atom. The van der Waals surface area contributed by atoms with E-state index in [2.05, 4.69) is 10.2 Å². The van der Waals surface area contributed by atoms with Gasteiger partial charge in [-0.3, -0.25) is 9.89 Å². The summed E-state index contributed by atoms with van der Waals surface area (Å²) in [5.74, 6) is -1.04. The Morgan fingerprint density at radius 1 is 1.48 bits per heavy atom. The van der Waals surface area contributed by atoms with Gasteiger partial charge in [-0.05, 0) is 13.3 Å². The number of aromatic nitrogens is 2. The van der Waals surface area contributed by atoms with Gasteiger partial charge in [0.1, 0.15) is 4.90 Å². The number of aromatic amines is 1. The van der Waals surface area contributed by atoms with Crippen molar-refractivity contribution in [1.82, 2.24) is 15.5 Å². The minimum atomic E-state index is -4.45. The van der Waals surface area contributed by atoms with Crippen molar-refractivity contribution in [1.29, 1.82) is 0 Å².